The Bertz CT molecular complexity index is 977. The highest BCUT2D eigenvalue weighted by Crippen LogP contribution is 2.12. The lowest BCUT2D eigenvalue weighted by atomic mass is 10.0. The Balaban J connectivity index is 1.92. The van der Waals surface area contributed by atoms with Crippen LogP contribution in [-0.2, 0) is 32.0 Å². The van der Waals surface area contributed by atoms with Crippen molar-refractivity contribution in [1.29, 1.82) is 0 Å². The third-order valence-corrected chi connectivity index (χ3v) is 4.59. The molecule has 0 aliphatic heterocycles. The number of phenols is 2. The largest absolute Gasteiger partial charge is 0.508 e. The number of benzene rings is 2. The van der Waals surface area contributed by atoms with Crippen molar-refractivity contribution in [1.82, 2.24) is 16.0 Å². The molecule has 3 amide bonds. The van der Waals surface area contributed by atoms with Gasteiger partial charge in [0.2, 0.25) is 17.7 Å². The van der Waals surface area contributed by atoms with Crippen LogP contribution >= 0.6 is 0 Å². The van der Waals surface area contributed by atoms with Crippen molar-refractivity contribution in [2.24, 2.45) is 5.73 Å². The summed E-state index contributed by atoms with van der Waals surface area (Å²) < 4.78 is 0. The lowest BCUT2D eigenvalue weighted by Crippen LogP contribution is -2.52. The molecule has 2 atom stereocenters. The Hall–Kier alpha value is -4.12. The summed E-state index contributed by atoms with van der Waals surface area (Å²) in [5.41, 5.74) is 7.20. The number of hydrogen-bond donors (Lipinski definition) is 7. The minimum atomic E-state index is -1.24. The molecule has 8 N–H and O–H groups in total. The summed E-state index contributed by atoms with van der Waals surface area (Å²) in [7, 11) is 0. The van der Waals surface area contributed by atoms with Gasteiger partial charge in [-0.15, -0.1) is 0 Å². The zero-order valence-electron chi connectivity index (χ0n) is 17.7. The van der Waals surface area contributed by atoms with E-state index >= 15 is 0 Å². The molecule has 11 nitrogen and oxygen atoms in total. The summed E-state index contributed by atoms with van der Waals surface area (Å²) in [6.45, 7) is -1.07. The van der Waals surface area contributed by atoms with E-state index in [-0.39, 0.29) is 24.3 Å². The quantitative estimate of drug-likeness (QED) is 0.223. The molecule has 0 aliphatic rings. The van der Waals surface area contributed by atoms with Gasteiger partial charge in [-0.25, -0.2) is 0 Å². The van der Waals surface area contributed by atoms with Gasteiger partial charge in [-0.05, 0) is 41.8 Å². The highest BCUT2D eigenvalue weighted by atomic mass is 16.4. The molecule has 0 fully saturated rings. The van der Waals surface area contributed by atoms with Gasteiger partial charge < -0.3 is 37.0 Å². The summed E-state index contributed by atoms with van der Waals surface area (Å²) >= 11 is 0. The van der Waals surface area contributed by atoms with Crippen LogP contribution in [0.2, 0.25) is 0 Å². The van der Waals surface area contributed by atoms with Crippen molar-refractivity contribution in [2.45, 2.75) is 24.9 Å². The van der Waals surface area contributed by atoms with Gasteiger partial charge in [0.05, 0.1) is 12.6 Å². The smallest absolute Gasteiger partial charge is 0.322 e. The Morgan fingerprint density at radius 1 is 0.758 bits per heavy atom. The van der Waals surface area contributed by atoms with Gasteiger partial charge in [0, 0.05) is 6.42 Å². The van der Waals surface area contributed by atoms with Crippen molar-refractivity contribution in [3.63, 3.8) is 0 Å². The summed E-state index contributed by atoms with van der Waals surface area (Å²) in [5.74, 6) is -3.09. The van der Waals surface area contributed by atoms with Gasteiger partial charge in [-0.2, -0.15) is 0 Å². The molecule has 0 saturated carbocycles. The van der Waals surface area contributed by atoms with E-state index in [9.17, 15) is 29.4 Å². The molecule has 11 heteroatoms. The standard InChI is InChI=1S/C22H26N4O7/c23-17(9-13-1-5-15(27)6-2-13)21(32)24-11-19(29)26-18(22(33)25-12-20(30)31)10-14-3-7-16(28)8-4-14/h1-8,17-18,27-28H,9-12,23H2,(H,24,32)(H,25,33)(H,26,29)(H,30,31). The van der Waals surface area contributed by atoms with E-state index in [0.717, 1.165) is 5.56 Å². The van der Waals surface area contributed by atoms with Crippen molar-refractivity contribution in [3.8, 4) is 11.5 Å². The fourth-order valence-electron chi connectivity index (χ4n) is 2.89. The van der Waals surface area contributed by atoms with Crippen LogP contribution in [0.25, 0.3) is 0 Å². The Morgan fingerprint density at radius 2 is 1.24 bits per heavy atom. The average Bonchev–Trinajstić information content (AvgIpc) is 2.78. The number of hydrogen-bond acceptors (Lipinski definition) is 7. The van der Waals surface area contributed by atoms with Crippen molar-refractivity contribution in [3.05, 3.63) is 59.7 Å². The molecule has 2 aromatic carbocycles. The van der Waals surface area contributed by atoms with Crippen LogP contribution in [-0.4, -0.2) is 64.2 Å². The number of nitrogens with one attached hydrogen (secondary N) is 3. The number of amides is 3. The first-order chi connectivity index (χ1) is 15.6. The summed E-state index contributed by atoms with van der Waals surface area (Å²) in [6, 6.07) is 10.1. The monoisotopic (exact) mass is 458 g/mol. The maximum atomic E-state index is 12.4. The number of aliphatic carboxylic acids is 1. The molecular weight excluding hydrogens is 432 g/mol. The Morgan fingerprint density at radius 3 is 1.76 bits per heavy atom. The molecule has 33 heavy (non-hydrogen) atoms. The minimum Gasteiger partial charge on any atom is -0.508 e. The second kappa shape index (κ2) is 12.1. The van der Waals surface area contributed by atoms with Crippen molar-refractivity contribution in [2.75, 3.05) is 13.1 Å². The zero-order valence-corrected chi connectivity index (χ0v) is 17.7. The molecule has 2 unspecified atom stereocenters. The molecule has 2 aromatic rings. The van der Waals surface area contributed by atoms with Crippen molar-refractivity contribution >= 4 is 23.7 Å². The SMILES string of the molecule is NC(Cc1ccc(O)cc1)C(=O)NCC(=O)NC(Cc1ccc(O)cc1)C(=O)NCC(=O)O. The molecule has 0 bridgehead atoms. The van der Waals surface area contributed by atoms with Gasteiger partial charge in [0.15, 0.2) is 0 Å². The molecule has 0 spiro atoms. The van der Waals surface area contributed by atoms with E-state index in [1.165, 1.54) is 24.3 Å². The summed E-state index contributed by atoms with van der Waals surface area (Å²) in [5, 5.41) is 34.5. The number of carbonyl (C=O) groups is 4. The summed E-state index contributed by atoms with van der Waals surface area (Å²) in [4.78, 5) is 47.6. The highest BCUT2D eigenvalue weighted by Gasteiger charge is 2.23. The third-order valence-electron chi connectivity index (χ3n) is 4.59. The molecule has 176 valence electrons. The van der Waals surface area contributed by atoms with Crippen LogP contribution in [0, 0.1) is 0 Å². The van der Waals surface area contributed by atoms with E-state index in [1.807, 2.05) is 0 Å². The first kappa shape index (κ1) is 25.1. The second-order valence-electron chi connectivity index (χ2n) is 7.30. The number of rotatable bonds is 11. The predicted molar refractivity (Wildman–Crippen MR) is 117 cm³/mol. The maximum absolute atomic E-state index is 12.4. The maximum Gasteiger partial charge on any atom is 0.322 e. The van der Waals surface area contributed by atoms with Crippen LogP contribution in [0.3, 0.4) is 0 Å². The molecule has 0 aliphatic carbocycles. The highest BCUT2D eigenvalue weighted by molar-refractivity contribution is 5.92. The van der Waals surface area contributed by atoms with Gasteiger partial charge in [-0.3, -0.25) is 19.2 Å². The van der Waals surface area contributed by atoms with E-state index in [4.69, 9.17) is 10.8 Å². The zero-order chi connectivity index (χ0) is 24.4. The number of carbonyl (C=O) groups excluding carboxylic acids is 3. The topological polar surface area (TPSA) is 191 Å². The van der Waals surface area contributed by atoms with E-state index < -0.39 is 48.9 Å². The number of aromatic hydroxyl groups is 2. The number of phenolic OH excluding ortho intramolecular Hbond substituents is 2. The molecule has 2 rings (SSSR count). The van der Waals surface area contributed by atoms with Gasteiger partial charge in [0.1, 0.15) is 24.1 Å². The molecule has 0 heterocycles. The van der Waals surface area contributed by atoms with Crippen molar-refractivity contribution < 1.29 is 34.5 Å². The average molecular weight is 458 g/mol. The summed E-state index contributed by atoms with van der Waals surface area (Å²) in [6.07, 6.45) is 0.223. The fraction of sp³-hybridized carbons (Fsp3) is 0.273. The molecule has 0 saturated heterocycles. The molecular formula is C22H26N4O7. The second-order valence-corrected chi connectivity index (χ2v) is 7.30. The van der Waals surface area contributed by atoms with Crippen LogP contribution in [0.1, 0.15) is 11.1 Å². The minimum absolute atomic E-state index is 0.0287. The van der Waals surface area contributed by atoms with E-state index in [2.05, 4.69) is 16.0 Å². The normalized spacial score (nSPS) is 12.3. The van der Waals surface area contributed by atoms with Crippen LogP contribution in [0.4, 0.5) is 0 Å². The lowest BCUT2D eigenvalue weighted by molar-refractivity contribution is -0.138. The Labute approximate surface area is 189 Å². The van der Waals surface area contributed by atoms with Crippen LogP contribution < -0.4 is 21.7 Å². The number of nitrogens with two attached hydrogens (primary N) is 1. The molecule has 0 aromatic heterocycles. The number of carboxylic acids is 1. The van der Waals surface area contributed by atoms with Gasteiger partial charge >= 0.3 is 5.97 Å². The van der Waals surface area contributed by atoms with E-state index in [0.29, 0.717) is 5.56 Å². The fourth-order valence-corrected chi connectivity index (χ4v) is 2.89. The van der Waals surface area contributed by atoms with Crippen LogP contribution in [0.5, 0.6) is 11.5 Å². The first-order valence-corrected chi connectivity index (χ1v) is 10.0. The van der Waals surface area contributed by atoms with Crippen LogP contribution in [0.15, 0.2) is 48.5 Å². The van der Waals surface area contributed by atoms with Gasteiger partial charge in [0.25, 0.3) is 0 Å². The third kappa shape index (κ3) is 8.87. The first-order valence-electron chi connectivity index (χ1n) is 10.0. The number of carboxylic acid groups (broad SMARTS) is 1. The lowest BCUT2D eigenvalue weighted by Gasteiger charge is -2.19. The predicted octanol–water partition coefficient (Wildman–Crippen LogP) is -0.988. The van der Waals surface area contributed by atoms with E-state index in [1.54, 1.807) is 24.3 Å². The molecule has 0 radical (unpaired) electrons. The Kier molecular flexibility index (Phi) is 9.18. The van der Waals surface area contributed by atoms with Gasteiger partial charge in [-0.1, -0.05) is 24.3 Å².